The van der Waals surface area contributed by atoms with Gasteiger partial charge < -0.3 is 14.3 Å². The third kappa shape index (κ3) is 8.00. The van der Waals surface area contributed by atoms with Gasteiger partial charge in [-0.2, -0.15) is 0 Å². The SMILES string of the molecule is BC(=O)C(C(C)C)C(C(=O)OC(C)(C)CCOC(C)C)C(C)C. The fourth-order valence-electron chi connectivity index (χ4n) is 2.90. The smallest absolute Gasteiger partial charge is 0.310 e. The number of ether oxygens (including phenoxy) is 2. The molecule has 0 fully saturated rings. The van der Waals surface area contributed by atoms with Crippen LogP contribution in [0.2, 0.25) is 0 Å². The Balaban J connectivity index is 5.01. The number of hydrogen-bond donors (Lipinski definition) is 0. The average molecular weight is 326 g/mol. The predicted molar refractivity (Wildman–Crippen MR) is 96.1 cm³/mol. The number of hydrogen-bond acceptors (Lipinski definition) is 4. The minimum atomic E-state index is -0.600. The van der Waals surface area contributed by atoms with Crippen LogP contribution < -0.4 is 0 Å². The van der Waals surface area contributed by atoms with Gasteiger partial charge in [-0.15, -0.1) is 0 Å². The van der Waals surface area contributed by atoms with E-state index in [9.17, 15) is 9.59 Å². The molecule has 4 nitrogen and oxygen atoms in total. The first-order valence-corrected chi connectivity index (χ1v) is 8.74. The molecule has 5 heteroatoms. The standard InChI is InChI=1S/C18H35BO4/c1-11(2)14(16(19)20)15(12(3)4)17(21)23-18(7,8)9-10-22-13(5)6/h11-15H,9-10,19H2,1-8H3. The molecule has 0 aromatic rings. The summed E-state index contributed by atoms with van der Waals surface area (Å²) in [7, 11) is 1.56. The molecule has 0 spiro atoms. The molecule has 0 radical (unpaired) electrons. The number of carbonyl (C=O) groups is 2. The second-order valence-electron chi connectivity index (χ2n) is 8.00. The van der Waals surface area contributed by atoms with Gasteiger partial charge in [0.15, 0.2) is 7.85 Å². The van der Waals surface area contributed by atoms with Crippen molar-refractivity contribution in [3.8, 4) is 0 Å². The van der Waals surface area contributed by atoms with Crippen LogP contribution in [0, 0.1) is 23.7 Å². The minimum absolute atomic E-state index is 0.0524. The maximum Gasteiger partial charge on any atom is 0.310 e. The first-order valence-electron chi connectivity index (χ1n) is 8.74. The maximum absolute atomic E-state index is 12.7. The molecule has 2 unspecified atom stereocenters. The lowest BCUT2D eigenvalue weighted by Gasteiger charge is -2.34. The summed E-state index contributed by atoms with van der Waals surface area (Å²) in [6.45, 7) is 16.2. The summed E-state index contributed by atoms with van der Waals surface area (Å²) in [5.74, 6) is -0.812. The Morgan fingerprint density at radius 2 is 1.43 bits per heavy atom. The lowest BCUT2D eigenvalue weighted by Crippen LogP contribution is -2.41. The molecular weight excluding hydrogens is 291 g/mol. The molecule has 23 heavy (non-hydrogen) atoms. The van der Waals surface area contributed by atoms with E-state index in [0.717, 1.165) is 0 Å². The first kappa shape index (κ1) is 22.2. The molecular formula is C18H35BO4. The van der Waals surface area contributed by atoms with Crippen LogP contribution in [-0.2, 0) is 19.1 Å². The van der Waals surface area contributed by atoms with Crippen molar-refractivity contribution in [3.63, 3.8) is 0 Å². The Labute approximate surface area is 143 Å². The molecule has 0 aliphatic rings. The average Bonchev–Trinajstić information content (AvgIpc) is 2.32. The van der Waals surface area contributed by atoms with Crippen LogP contribution in [0.3, 0.4) is 0 Å². The van der Waals surface area contributed by atoms with Crippen molar-refractivity contribution in [1.82, 2.24) is 0 Å². The van der Waals surface area contributed by atoms with Crippen molar-refractivity contribution in [1.29, 1.82) is 0 Å². The molecule has 0 aliphatic heterocycles. The van der Waals surface area contributed by atoms with E-state index in [1.807, 2.05) is 55.4 Å². The van der Waals surface area contributed by atoms with Crippen molar-refractivity contribution in [3.05, 3.63) is 0 Å². The van der Waals surface area contributed by atoms with Gasteiger partial charge in [-0.1, -0.05) is 27.7 Å². The normalized spacial score (nSPS) is 15.1. The van der Waals surface area contributed by atoms with E-state index in [4.69, 9.17) is 9.47 Å². The van der Waals surface area contributed by atoms with E-state index in [1.54, 1.807) is 7.85 Å². The highest BCUT2D eigenvalue weighted by molar-refractivity contribution is 6.58. The summed E-state index contributed by atoms with van der Waals surface area (Å²) in [5.41, 5.74) is -0.547. The van der Waals surface area contributed by atoms with Crippen molar-refractivity contribution in [2.45, 2.75) is 73.5 Å². The number of carbonyl (C=O) groups excluding carboxylic acids is 2. The molecule has 0 heterocycles. The van der Waals surface area contributed by atoms with E-state index >= 15 is 0 Å². The Hall–Kier alpha value is -0.835. The quantitative estimate of drug-likeness (QED) is 0.458. The van der Waals surface area contributed by atoms with Gasteiger partial charge in [-0.05, 0) is 39.5 Å². The molecule has 2 atom stereocenters. The van der Waals surface area contributed by atoms with E-state index in [0.29, 0.717) is 13.0 Å². The van der Waals surface area contributed by atoms with Gasteiger partial charge >= 0.3 is 5.97 Å². The third-order valence-electron chi connectivity index (χ3n) is 4.10. The van der Waals surface area contributed by atoms with Crippen LogP contribution in [0.15, 0.2) is 0 Å². The maximum atomic E-state index is 12.7. The van der Waals surface area contributed by atoms with E-state index in [1.165, 1.54) is 0 Å². The lowest BCUT2D eigenvalue weighted by atomic mass is 9.70. The monoisotopic (exact) mass is 326 g/mol. The summed E-state index contributed by atoms with van der Waals surface area (Å²) in [5, 5.41) is 0. The summed E-state index contributed by atoms with van der Waals surface area (Å²) < 4.78 is 11.3. The van der Waals surface area contributed by atoms with E-state index in [-0.39, 0.29) is 35.5 Å². The molecule has 134 valence electrons. The summed E-state index contributed by atoms with van der Waals surface area (Å²) in [6, 6.07) is 0. The zero-order chi connectivity index (χ0) is 18.4. The summed E-state index contributed by atoms with van der Waals surface area (Å²) in [4.78, 5) is 24.8. The van der Waals surface area contributed by atoms with Crippen molar-refractivity contribution >= 4 is 19.5 Å². The van der Waals surface area contributed by atoms with Crippen LogP contribution in [-0.4, -0.2) is 37.8 Å². The number of esters is 1. The highest BCUT2D eigenvalue weighted by Gasteiger charge is 2.39. The molecule has 0 aliphatic carbocycles. The van der Waals surface area contributed by atoms with E-state index in [2.05, 4.69) is 0 Å². The highest BCUT2D eigenvalue weighted by Crippen LogP contribution is 2.31. The Morgan fingerprint density at radius 3 is 1.78 bits per heavy atom. The van der Waals surface area contributed by atoms with Crippen LogP contribution in [0.1, 0.15) is 61.8 Å². The third-order valence-corrected chi connectivity index (χ3v) is 4.10. The molecule has 0 N–H and O–H groups in total. The predicted octanol–water partition coefficient (Wildman–Crippen LogP) is 2.83. The molecule has 0 rings (SSSR count). The van der Waals surface area contributed by atoms with Crippen LogP contribution in [0.25, 0.3) is 0 Å². The zero-order valence-electron chi connectivity index (χ0n) is 16.4. The van der Waals surface area contributed by atoms with Crippen LogP contribution in [0.5, 0.6) is 0 Å². The zero-order valence-corrected chi connectivity index (χ0v) is 16.4. The van der Waals surface area contributed by atoms with Gasteiger partial charge in [0, 0.05) is 12.3 Å². The van der Waals surface area contributed by atoms with Gasteiger partial charge in [-0.25, -0.2) is 0 Å². The fraction of sp³-hybridized carbons (Fsp3) is 0.889. The van der Waals surface area contributed by atoms with Gasteiger partial charge in [0.05, 0.1) is 24.3 Å². The largest absolute Gasteiger partial charge is 0.459 e. The molecule has 0 aromatic carbocycles. The van der Waals surface area contributed by atoms with Crippen LogP contribution >= 0.6 is 0 Å². The Morgan fingerprint density at radius 1 is 0.957 bits per heavy atom. The molecule has 0 saturated heterocycles. The molecule has 0 aromatic heterocycles. The topological polar surface area (TPSA) is 52.6 Å². The fourth-order valence-corrected chi connectivity index (χ4v) is 2.90. The van der Waals surface area contributed by atoms with Crippen LogP contribution in [0.4, 0.5) is 0 Å². The Kier molecular flexibility index (Phi) is 9.11. The summed E-state index contributed by atoms with van der Waals surface area (Å²) >= 11 is 0. The number of rotatable bonds is 10. The molecule has 0 bridgehead atoms. The second kappa shape index (κ2) is 9.46. The Bertz CT molecular complexity index is 388. The van der Waals surface area contributed by atoms with Gasteiger partial charge in [0.2, 0.25) is 0 Å². The second-order valence-corrected chi connectivity index (χ2v) is 8.00. The highest BCUT2D eigenvalue weighted by atomic mass is 16.6. The lowest BCUT2D eigenvalue weighted by molar-refractivity contribution is -0.169. The van der Waals surface area contributed by atoms with Gasteiger partial charge in [0.1, 0.15) is 5.60 Å². The van der Waals surface area contributed by atoms with Crippen molar-refractivity contribution in [2.75, 3.05) is 6.61 Å². The van der Waals surface area contributed by atoms with Crippen molar-refractivity contribution < 1.29 is 19.1 Å². The minimum Gasteiger partial charge on any atom is -0.459 e. The van der Waals surface area contributed by atoms with Crippen molar-refractivity contribution in [2.24, 2.45) is 23.7 Å². The molecule has 0 saturated carbocycles. The van der Waals surface area contributed by atoms with Gasteiger partial charge in [0.25, 0.3) is 0 Å². The van der Waals surface area contributed by atoms with E-state index < -0.39 is 11.5 Å². The molecule has 0 amide bonds. The van der Waals surface area contributed by atoms with Gasteiger partial charge in [-0.3, -0.25) is 4.79 Å². The summed E-state index contributed by atoms with van der Waals surface area (Å²) in [6.07, 6.45) is 0.793. The first-order chi connectivity index (χ1) is 10.4.